The molecule has 100 valence electrons. The molecule has 1 aromatic heterocycles. The zero-order valence-corrected chi connectivity index (χ0v) is 11.1. The quantitative estimate of drug-likeness (QED) is 0.897. The summed E-state index contributed by atoms with van der Waals surface area (Å²) in [6, 6.07) is 11.0. The van der Waals surface area contributed by atoms with Crippen molar-refractivity contribution in [3.8, 4) is 5.75 Å². The summed E-state index contributed by atoms with van der Waals surface area (Å²) in [4.78, 5) is 11.9. The molecule has 0 unspecified atom stereocenters. The number of benzene rings is 1. The Labute approximate surface area is 112 Å². The second kappa shape index (κ2) is 6.09. The highest BCUT2D eigenvalue weighted by Gasteiger charge is 2.15. The Balaban J connectivity index is 2.09. The number of hydrogen-bond donors (Lipinski definition) is 1. The number of ether oxygens (including phenoxy) is 1. The SMILES string of the molecule is CC[C@@H](NC(=O)c1ccco1)c1ccc(OC)cc1. The zero-order chi connectivity index (χ0) is 13.7. The minimum Gasteiger partial charge on any atom is -0.497 e. The average molecular weight is 259 g/mol. The van der Waals surface area contributed by atoms with Crippen LogP contribution < -0.4 is 10.1 Å². The average Bonchev–Trinajstić information content (AvgIpc) is 2.99. The molecule has 1 atom stereocenters. The maximum absolute atomic E-state index is 11.9. The van der Waals surface area contributed by atoms with Gasteiger partial charge in [0.15, 0.2) is 5.76 Å². The second-order valence-corrected chi connectivity index (χ2v) is 4.18. The molecule has 0 aliphatic carbocycles. The number of hydrogen-bond acceptors (Lipinski definition) is 3. The molecule has 1 amide bonds. The van der Waals surface area contributed by atoms with Gasteiger partial charge >= 0.3 is 0 Å². The minimum absolute atomic E-state index is 0.0384. The maximum Gasteiger partial charge on any atom is 0.287 e. The first-order valence-corrected chi connectivity index (χ1v) is 6.23. The molecule has 4 heteroatoms. The highest BCUT2D eigenvalue weighted by Crippen LogP contribution is 2.20. The molecule has 1 N–H and O–H groups in total. The number of methoxy groups -OCH3 is 1. The first-order valence-electron chi connectivity index (χ1n) is 6.23. The van der Waals surface area contributed by atoms with Gasteiger partial charge in [-0.25, -0.2) is 0 Å². The van der Waals surface area contributed by atoms with E-state index in [4.69, 9.17) is 9.15 Å². The third kappa shape index (κ3) is 3.16. The van der Waals surface area contributed by atoms with Crippen molar-refractivity contribution in [3.63, 3.8) is 0 Å². The van der Waals surface area contributed by atoms with Crippen LogP contribution in [-0.2, 0) is 0 Å². The molecule has 0 aliphatic heterocycles. The topological polar surface area (TPSA) is 51.5 Å². The van der Waals surface area contributed by atoms with Gasteiger partial charge in [0.25, 0.3) is 5.91 Å². The number of rotatable bonds is 5. The van der Waals surface area contributed by atoms with Crippen LogP contribution in [0.3, 0.4) is 0 Å². The van der Waals surface area contributed by atoms with E-state index < -0.39 is 0 Å². The zero-order valence-electron chi connectivity index (χ0n) is 11.1. The van der Waals surface area contributed by atoms with Gasteiger partial charge in [0.1, 0.15) is 5.75 Å². The van der Waals surface area contributed by atoms with Crippen molar-refractivity contribution < 1.29 is 13.9 Å². The van der Waals surface area contributed by atoms with Gasteiger partial charge in [0.2, 0.25) is 0 Å². The summed E-state index contributed by atoms with van der Waals surface area (Å²) >= 11 is 0. The van der Waals surface area contributed by atoms with Crippen LogP contribution in [0.2, 0.25) is 0 Å². The van der Waals surface area contributed by atoms with Crippen molar-refractivity contribution in [1.82, 2.24) is 5.32 Å². The van der Waals surface area contributed by atoms with E-state index in [0.717, 1.165) is 17.7 Å². The van der Waals surface area contributed by atoms with E-state index in [1.807, 2.05) is 31.2 Å². The van der Waals surface area contributed by atoms with Crippen LogP contribution in [0, 0.1) is 0 Å². The highest BCUT2D eigenvalue weighted by molar-refractivity contribution is 5.91. The Hall–Kier alpha value is -2.23. The number of furan rings is 1. The molecule has 19 heavy (non-hydrogen) atoms. The number of nitrogens with one attached hydrogen (secondary N) is 1. The van der Waals surface area contributed by atoms with Gasteiger partial charge in [0, 0.05) is 0 Å². The molecule has 0 aliphatic rings. The molecule has 2 aromatic rings. The van der Waals surface area contributed by atoms with Crippen LogP contribution in [0.15, 0.2) is 47.1 Å². The molecule has 1 heterocycles. The summed E-state index contributed by atoms with van der Waals surface area (Å²) in [5, 5.41) is 2.95. The summed E-state index contributed by atoms with van der Waals surface area (Å²) < 4.78 is 10.2. The van der Waals surface area contributed by atoms with E-state index in [2.05, 4.69) is 5.32 Å². The van der Waals surface area contributed by atoms with Crippen molar-refractivity contribution in [2.75, 3.05) is 7.11 Å². The molecule has 0 saturated heterocycles. The summed E-state index contributed by atoms with van der Waals surface area (Å²) in [5.74, 6) is 0.926. The molecule has 2 rings (SSSR count). The summed E-state index contributed by atoms with van der Waals surface area (Å²) in [5.41, 5.74) is 1.04. The fourth-order valence-corrected chi connectivity index (χ4v) is 1.89. The number of amides is 1. The van der Waals surface area contributed by atoms with Gasteiger partial charge in [-0.1, -0.05) is 19.1 Å². The van der Waals surface area contributed by atoms with Crippen LogP contribution in [0.25, 0.3) is 0 Å². The Morgan fingerprint density at radius 2 is 2.05 bits per heavy atom. The fraction of sp³-hybridized carbons (Fsp3) is 0.267. The molecule has 0 fully saturated rings. The molecular formula is C15H17NO3. The van der Waals surface area contributed by atoms with Crippen molar-refractivity contribution >= 4 is 5.91 Å². The first-order chi connectivity index (χ1) is 9.24. The Kier molecular flexibility index (Phi) is 4.23. The van der Waals surface area contributed by atoms with Crippen molar-refractivity contribution in [3.05, 3.63) is 54.0 Å². The van der Waals surface area contributed by atoms with Crippen LogP contribution >= 0.6 is 0 Å². The lowest BCUT2D eigenvalue weighted by molar-refractivity contribution is 0.0907. The fourth-order valence-electron chi connectivity index (χ4n) is 1.89. The van der Waals surface area contributed by atoms with E-state index in [9.17, 15) is 4.79 Å². The minimum atomic E-state index is -0.201. The van der Waals surface area contributed by atoms with E-state index >= 15 is 0 Å². The summed E-state index contributed by atoms with van der Waals surface area (Å²) in [6.07, 6.45) is 2.29. The molecule has 4 nitrogen and oxygen atoms in total. The predicted molar refractivity (Wildman–Crippen MR) is 72.2 cm³/mol. The smallest absolute Gasteiger partial charge is 0.287 e. The standard InChI is InChI=1S/C15H17NO3/c1-3-13(11-6-8-12(18-2)9-7-11)16-15(17)14-5-4-10-19-14/h4-10,13H,3H2,1-2H3,(H,16,17)/t13-/m1/s1. The van der Waals surface area contributed by atoms with Gasteiger partial charge in [-0.15, -0.1) is 0 Å². The van der Waals surface area contributed by atoms with E-state index in [-0.39, 0.29) is 11.9 Å². The normalized spacial score (nSPS) is 11.9. The summed E-state index contributed by atoms with van der Waals surface area (Å²) in [6.45, 7) is 2.03. The van der Waals surface area contributed by atoms with Gasteiger partial charge in [0.05, 0.1) is 19.4 Å². The van der Waals surface area contributed by atoms with Gasteiger partial charge in [-0.3, -0.25) is 4.79 Å². The largest absolute Gasteiger partial charge is 0.497 e. The van der Waals surface area contributed by atoms with Crippen molar-refractivity contribution in [1.29, 1.82) is 0 Å². The molecule has 0 saturated carbocycles. The maximum atomic E-state index is 11.9. The first kappa shape index (κ1) is 13.2. The van der Waals surface area contributed by atoms with E-state index in [1.54, 1.807) is 19.2 Å². The summed E-state index contributed by atoms with van der Waals surface area (Å²) in [7, 11) is 1.63. The van der Waals surface area contributed by atoms with Gasteiger partial charge in [-0.2, -0.15) is 0 Å². The Morgan fingerprint density at radius 3 is 2.58 bits per heavy atom. The Bertz CT molecular complexity index is 517. The number of carbonyl (C=O) groups excluding carboxylic acids is 1. The van der Waals surface area contributed by atoms with Crippen molar-refractivity contribution in [2.45, 2.75) is 19.4 Å². The second-order valence-electron chi connectivity index (χ2n) is 4.18. The molecule has 0 radical (unpaired) electrons. The molecule has 0 spiro atoms. The third-order valence-electron chi connectivity index (χ3n) is 2.98. The van der Waals surface area contributed by atoms with E-state index in [0.29, 0.717) is 5.76 Å². The lowest BCUT2D eigenvalue weighted by Crippen LogP contribution is -2.27. The van der Waals surface area contributed by atoms with Crippen LogP contribution in [0.5, 0.6) is 5.75 Å². The van der Waals surface area contributed by atoms with Gasteiger partial charge in [-0.05, 0) is 36.2 Å². The predicted octanol–water partition coefficient (Wildman–Crippen LogP) is 3.17. The van der Waals surface area contributed by atoms with Crippen LogP contribution in [-0.4, -0.2) is 13.0 Å². The van der Waals surface area contributed by atoms with Gasteiger partial charge < -0.3 is 14.5 Å². The highest BCUT2D eigenvalue weighted by atomic mass is 16.5. The lowest BCUT2D eigenvalue weighted by atomic mass is 10.0. The third-order valence-corrected chi connectivity index (χ3v) is 2.98. The van der Waals surface area contributed by atoms with Crippen molar-refractivity contribution in [2.24, 2.45) is 0 Å². The molecular weight excluding hydrogens is 242 g/mol. The monoisotopic (exact) mass is 259 g/mol. The van der Waals surface area contributed by atoms with Crippen LogP contribution in [0.4, 0.5) is 0 Å². The van der Waals surface area contributed by atoms with E-state index in [1.165, 1.54) is 6.26 Å². The lowest BCUT2D eigenvalue weighted by Gasteiger charge is -2.17. The number of carbonyl (C=O) groups is 1. The Morgan fingerprint density at radius 1 is 1.32 bits per heavy atom. The molecule has 1 aromatic carbocycles. The molecule has 0 bridgehead atoms. The van der Waals surface area contributed by atoms with Crippen LogP contribution in [0.1, 0.15) is 35.5 Å².